The van der Waals surface area contributed by atoms with E-state index < -0.39 is 156 Å². The zero-order chi connectivity index (χ0) is 52.5. The molecule has 0 radical (unpaired) electrons. The maximum Gasteiger partial charge on any atom is 0.435 e. The SMILES string of the molecule is CN(CCN)C(=O)CN(c1nn(CC(F)(F)F)c2c(-c3ccc(C#CC(C)(C)S(C)(=O)=O)nc3C(Cc3cc(F)cc(F)c3)NC(=O)Cn3nc(C(F)(F)F)c4c3C(F)(F)[C@@H]3C[C@H]43)ccc(Cl)c12)[SH](=O)=O. The molecule has 382 valence electrons. The van der Waals surface area contributed by atoms with Crippen molar-refractivity contribution in [2.24, 2.45) is 11.7 Å². The van der Waals surface area contributed by atoms with Gasteiger partial charge in [-0.05, 0) is 74.4 Å². The molecular formula is C43H40ClF10N9O6S2. The van der Waals surface area contributed by atoms with Crippen molar-refractivity contribution in [3.05, 3.63) is 93.0 Å². The molecule has 0 aliphatic heterocycles. The summed E-state index contributed by atoms with van der Waals surface area (Å²) >= 11 is 6.62. The topological polar surface area (TPSA) is 195 Å². The maximum atomic E-state index is 15.6. The van der Waals surface area contributed by atoms with E-state index in [-0.39, 0.29) is 46.6 Å². The zero-order valence-corrected chi connectivity index (χ0v) is 39.9. The molecule has 7 rings (SSSR count). The minimum absolute atomic E-state index is 0.0448. The Hall–Kier alpha value is -5.98. The zero-order valence-electron chi connectivity index (χ0n) is 37.4. The summed E-state index contributed by atoms with van der Waals surface area (Å²) in [6.07, 6.45) is -10.4. The number of fused-ring (bicyclic) bond motifs is 4. The minimum atomic E-state index is -5.21. The Morgan fingerprint density at radius 3 is 2.25 bits per heavy atom. The van der Waals surface area contributed by atoms with Crippen molar-refractivity contribution in [3.63, 3.8) is 0 Å². The first-order valence-electron chi connectivity index (χ1n) is 21.0. The lowest BCUT2D eigenvalue weighted by Crippen LogP contribution is -2.40. The molecule has 1 fully saturated rings. The first kappa shape index (κ1) is 52.8. The Morgan fingerprint density at radius 2 is 1.66 bits per heavy atom. The van der Waals surface area contributed by atoms with Gasteiger partial charge in [0.05, 0.1) is 27.7 Å². The predicted molar refractivity (Wildman–Crippen MR) is 237 cm³/mol. The molecule has 1 saturated carbocycles. The molecule has 0 bridgehead atoms. The molecule has 3 aromatic heterocycles. The number of aromatic nitrogens is 5. The molecular weight excluding hydrogens is 1030 g/mol. The van der Waals surface area contributed by atoms with Crippen LogP contribution in [0.15, 0.2) is 42.5 Å². The number of thiol groups is 1. The van der Waals surface area contributed by atoms with E-state index in [9.17, 15) is 61.5 Å². The fourth-order valence-electron chi connectivity index (χ4n) is 8.22. The molecule has 3 N–H and O–H groups in total. The number of halogens is 11. The van der Waals surface area contributed by atoms with Crippen LogP contribution in [0.25, 0.3) is 22.0 Å². The van der Waals surface area contributed by atoms with Crippen LogP contribution in [-0.2, 0) is 61.9 Å². The van der Waals surface area contributed by atoms with Crippen LogP contribution in [0.2, 0.25) is 5.02 Å². The number of sulfone groups is 1. The van der Waals surface area contributed by atoms with Crippen molar-refractivity contribution in [1.29, 1.82) is 0 Å². The van der Waals surface area contributed by atoms with Crippen LogP contribution >= 0.6 is 11.6 Å². The molecule has 71 heavy (non-hydrogen) atoms. The molecule has 2 aliphatic carbocycles. The highest BCUT2D eigenvalue weighted by Crippen LogP contribution is 2.68. The normalized spacial score (nSPS) is 16.9. The van der Waals surface area contributed by atoms with Gasteiger partial charge in [-0.1, -0.05) is 23.6 Å². The Bertz CT molecular complexity index is 3210. The van der Waals surface area contributed by atoms with Crippen LogP contribution < -0.4 is 15.4 Å². The Kier molecular flexibility index (Phi) is 14.1. The predicted octanol–water partition coefficient (Wildman–Crippen LogP) is 6.04. The van der Waals surface area contributed by atoms with Crippen LogP contribution in [0.3, 0.4) is 0 Å². The highest BCUT2D eigenvalue weighted by Gasteiger charge is 2.68. The van der Waals surface area contributed by atoms with Gasteiger partial charge in [-0.3, -0.25) is 19.0 Å². The Balaban J connectivity index is 1.47. The van der Waals surface area contributed by atoms with Gasteiger partial charge in [0.1, 0.15) is 47.4 Å². The number of nitrogens with two attached hydrogens (primary N) is 1. The maximum absolute atomic E-state index is 15.6. The molecule has 5 aromatic rings. The van der Waals surface area contributed by atoms with E-state index in [0.717, 1.165) is 35.4 Å². The highest BCUT2D eigenvalue weighted by atomic mass is 35.5. The monoisotopic (exact) mass is 1070 g/mol. The molecule has 0 saturated heterocycles. The Labute approximate surface area is 404 Å². The van der Waals surface area contributed by atoms with E-state index in [1.165, 1.54) is 33.0 Å². The lowest BCUT2D eigenvalue weighted by atomic mass is 9.93. The van der Waals surface area contributed by atoms with Gasteiger partial charge >= 0.3 is 12.4 Å². The van der Waals surface area contributed by atoms with Crippen molar-refractivity contribution < 1.29 is 70.3 Å². The second-order valence-corrected chi connectivity index (χ2v) is 21.3. The number of hydrogen-bond donors (Lipinski definition) is 3. The molecule has 2 aliphatic rings. The summed E-state index contributed by atoms with van der Waals surface area (Å²) in [5.74, 6) is -6.58. The van der Waals surface area contributed by atoms with E-state index in [2.05, 4.69) is 32.3 Å². The van der Waals surface area contributed by atoms with Crippen LogP contribution in [0.1, 0.15) is 66.1 Å². The van der Waals surface area contributed by atoms with Crippen molar-refractivity contribution in [1.82, 2.24) is 34.8 Å². The minimum Gasteiger partial charge on any atom is -0.346 e. The average Bonchev–Trinajstić information content (AvgIpc) is 3.75. The van der Waals surface area contributed by atoms with Gasteiger partial charge in [0.25, 0.3) is 5.92 Å². The lowest BCUT2D eigenvalue weighted by Gasteiger charge is -2.23. The van der Waals surface area contributed by atoms with Crippen LogP contribution in [0.5, 0.6) is 0 Å². The number of pyridine rings is 1. The van der Waals surface area contributed by atoms with Crippen LogP contribution in [0, 0.1) is 29.4 Å². The van der Waals surface area contributed by atoms with Gasteiger partial charge in [0.15, 0.2) is 21.3 Å². The van der Waals surface area contributed by atoms with Gasteiger partial charge in [0, 0.05) is 55.1 Å². The molecule has 1 unspecified atom stereocenters. The number of likely N-dealkylation sites (N-methyl/N-ethyl adjacent to an activating group) is 1. The van der Waals surface area contributed by atoms with Gasteiger partial charge in [-0.2, -0.15) is 45.3 Å². The van der Waals surface area contributed by atoms with E-state index >= 15 is 8.78 Å². The molecule has 28 heteroatoms. The number of anilines is 1. The average molecular weight is 1070 g/mol. The number of nitrogens with zero attached hydrogens (tertiary/aromatic N) is 7. The number of carbonyl (C=O) groups is 2. The van der Waals surface area contributed by atoms with Crippen molar-refractivity contribution in [2.45, 2.75) is 74.8 Å². The molecule has 0 spiro atoms. The van der Waals surface area contributed by atoms with Crippen LogP contribution in [-0.4, -0.2) is 102 Å². The summed E-state index contributed by atoms with van der Waals surface area (Å²) in [4.78, 5) is 32.8. The van der Waals surface area contributed by atoms with Crippen molar-refractivity contribution in [2.75, 3.05) is 37.2 Å². The molecule has 2 amide bonds. The van der Waals surface area contributed by atoms with Gasteiger partial charge in [-0.15, -0.1) is 0 Å². The molecule has 2 aromatic carbocycles. The van der Waals surface area contributed by atoms with E-state index in [1.807, 2.05) is 0 Å². The summed E-state index contributed by atoms with van der Waals surface area (Å²) in [6.45, 7) is -1.80. The van der Waals surface area contributed by atoms with E-state index in [0.29, 0.717) is 15.1 Å². The van der Waals surface area contributed by atoms with Gasteiger partial charge in [0.2, 0.25) is 22.7 Å². The summed E-state index contributed by atoms with van der Waals surface area (Å²) < 4.78 is 197. The summed E-state index contributed by atoms with van der Waals surface area (Å²) in [7, 11) is -6.46. The number of alkyl halides is 8. The lowest BCUT2D eigenvalue weighted by molar-refractivity contribution is -0.143. The third-order valence-corrected chi connectivity index (χ3v) is 14.9. The number of amides is 2. The number of benzene rings is 2. The van der Waals surface area contributed by atoms with Gasteiger partial charge in [-0.25, -0.2) is 34.9 Å². The smallest absolute Gasteiger partial charge is 0.346 e. The second kappa shape index (κ2) is 18.9. The number of hydrogen-bond acceptors (Lipinski definition) is 10. The second-order valence-electron chi connectivity index (χ2n) is 17.4. The fourth-order valence-corrected chi connectivity index (χ4v) is 9.22. The first-order valence-corrected chi connectivity index (χ1v) is 24.4. The van der Waals surface area contributed by atoms with Crippen molar-refractivity contribution in [3.8, 4) is 23.0 Å². The molecule has 3 atom stereocenters. The molecule has 15 nitrogen and oxygen atoms in total. The highest BCUT2D eigenvalue weighted by molar-refractivity contribution is 7.92. The summed E-state index contributed by atoms with van der Waals surface area (Å²) in [6, 6.07) is 4.97. The quantitative estimate of drug-likeness (QED) is 0.0632. The Morgan fingerprint density at radius 1 is 1.01 bits per heavy atom. The third kappa shape index (κ3) is 10.8. The van der Waals surface area contributed by atoms with E-state index in [1.54, 1.807) is 0 Å². The van der Waals surface area contributed by atoms with Crippen LogP contribution in [0.4, 0.5) is 49.7 Å². The van der Waals surface area contributed by atoms with Gasteiger partial charge < -0.3 is 16.0 Å². The first-order chi connectivity index (χ1) is 32.8. The third-order valence-electron chi connectivity index (χ3n) is 11.9. The largest absolute Gasteiger partial charge is 0.435 e. The number of rotatable bonds is 15. The van der Waals surface area contributed by atoms with E-state index in [4.69, 9.17) is 17.3 Å². The number of nitrogens with one attached hydrogen (secondary N) is 1. The standard InChI is InChI=1S/C43H40ClF10N9O6S2/c1-40(2,71(4,68)69)10-9-24-5-6-25(26-7-8-29(44)34-36(26)62(20-41(47,48)49)59-39(34)63(70(66)67)19-32(65)60(3)12-11-55)35(56-24)30(15-21-13-22(45)16-23(46)14-21)57-31(64)18-61-38-33(37(58-61)43(52,53)54)27-17-28(27)42(38,50)51/h5-8,13-14,16,27-28,30,70H,11-12,15,17-20,55H2,1-4H3,(H,57,64)/t27-,28+,30?/m0/s1. The molecule has 3 heterocycles. The summed E-state index contributed by atoms with van der Waals surface area (Å²) in [5, 5.41) is 8.93. The van der Waals surface area contributed by atoms with Crippen molar-refractivity contribution >= 4 is 60.9 Å². The number of carbonyl (C=O) groups excluding carboxylic acids is 2. The summed E-state index contributed by atoms with van der Waals surface area (Å²) in [5.41, 5.74) is -0.0800. The fraction of sp³-hybridized carbons (Fsp3) is 0.419.